The lowest BCUT2D eigenvalue weighted by atomic mass is 10.1. The molecule has 4 heteroatoms. The Morgan fingerprint density at radius 1 is 1.30 bits per heavy atom. The summed E-state index contributed by atoms with van der Waals surface area (Å²) in [6.07, 6.45) is 5.98. The molecule has 1 aromatic rings. The third kappa shape index (κ3) is 2.81. The molecule has 0 saturated carbocycles. The highest BCUT2D eigenvalue weighted by Crippen LogP contribution is 2.30. The van der Waals surface area contributed by atoms with Crippen LogP contribution in [0.2, 0.25) is 0 Å². The number of aromatic nitrogens is 1. The molecule has 0 spiro atoms. The molecule has 0 radical (unpaired) electrons. The number of hydrogen-bond acceptors (Lipinski definition) is 4. The predicted molar refractivity (Wildman–Crippen MR) is 83.0 cm³/mol. The molecule has 110 valence electrons. The molecule has 1 N–H and O–H groups in total. The van der Waals surface area contributed by atoms with Crippen LogP contribution < -0.4 is 10.2 Å². The van der Waals surface area contributed by atoms with Gasteiger partial charge in [0.25, 0.3) is 0 Å². The normalized spacial score (nSPS) is 26.8. The summed E-state index contributed by atoms with van der Waals surface area (Å²) in [7, 11) is 2.30. The third-order valence-corrected chi connectivity index (χ3v) is 4.87. The fourth-order valence-electron chi connectivity index (χ4n) is 3.56. The molecule has 20 heavy (non-hydrogen) atoms. The number of anilines is 1. The van der Waals surface area contributed by atoms with Crippen LogP contribution >= 0.6 is 0 Å². The van der Waals surface area contributed by atoms with Crippen molar-refractivity contribution in [1.82, 2.24) is 15.2 Å². The lowest BCUT2D eigenvalue weighted by molar-refractivity contribution is 0.254. The van der Waals surface area contributed by atoms with Gasteiger partial charge in [0.05, 0.1) is 5.69 Å². The number of rotatable bonds is 4. The molecule has 2 atom stereocenters. The van der Waals surface area contributed by atoms with Gasteiger partial charge in [-0.1, -0.05) is 6.92 Å². The van der Waals surface area contributed by atoms with Crippen LogP contribution in [0.15, 0.2) is 18.3 Å². The van der Waals surface area contributed by atoms with E-state index in [1.165, 1.54) is 31.5 Å². The van der Waals surface area contributed by atoms with Crippen LogP contribution in [-0.4, -0.2) is 48.6 Å². The van der Waals surface area contributed by atoms with Crippen molar-refractivity contribution in [3.8, 4) is 0 Å². The average Bonchev–Trinajstić information content (AvgIpc) is 2.70. The predicted octanol–water partition coefficient (Wildman–Crippen LogP) is 1.86. The molecule has 2 aliphatic rings. The van der Waals surface area contributed by atoms with Crippen LogP contribution in [0.25, 0.3) is 0 Å². The van der Waals surface area contributed by atoms with E-state index in [1.54, 1.807) is 0 Å². The van der Waals surface area contributed by atoms with Crippen molar-refractivity contribution < 1.29 is 0 Å². The Bertz CT molecular complexity index is 448. The molecule has 2 bridgehead atoms. The molecule has 0 aliphatic carbocycles. The maximum Gasteiger partial charge on any atom is 0.0562 e. The molecule has 3 heterocycles. The molecular formula is C16H26N4. The first kappa shape index (κ1) is 13.8. The summed E-state index contributed by atoms with van der Waals surface area (Å²) in [4.78, 5) is 9.61. The van der Waals surface area contributed by atoms with Crippen molar-refractivity contribution in [3.63, 3.8) is 0 Å². The number of pyridine rings is 1. The van der Waals surface area contributed by atoms with E-state index in [9.17, 15) is 0 Å². The topological polar surface area (TPSA) is 31.4 Å². The average molecular weight is 274 g/mol. The van der Waals surface area contributed by atoms with Gasteiger partial charge in [0.2, 0.25) is 0 Å². The fourth-order valence-corrected chi connectivity index (χ4v) is 3.56. The molecule has 2 fully saturated rings. The second-order valence-electron chi connectivity index (χ2n) is 6.07. The lowest BCUT2D eigenvalue weighted by Crippen LogP contribution is -2.36. The Morgan fingerprint density at radius 2 is 2.15 bits per heavy atom. The molecule has 2 unspecified atom stereocenters. The van der Waals surface area contributed by atoms with E-state index in [2.05, 4.69) is 46.2 Å². The van der Waals surface area contributed by atoms with E-state index < -0.39 is 0 Å². The van der Waals surface area contributed by atoms with Gasteiger partial charge in [0.1, 0.15) is 0 Å². The summed E-state index contributed by atoms with van der Waals surface area (Å²) < 4.78 is 0. The monoisotopic (exact) mass is 274 g/mol. The van der Waals surface area contributed by atoms with Gasteiger partial charge in [-0.15, -0.1) is 0 Å². The largest absolute Gasteiger partial charge is 0.370 e. The van der Waals surface area contributed by atoms with Crippen molar-refractivity contribution in [2.24, 2.45) is 0 Å². The second-order valence-corrected chi connectivity index (χ2v) is 6.07. The number of nitrogens with one attached hydrogen (secondary N) is 1. The molecule has 2 saturated heterocycles. The van der Waals surface area contributed by atoms with Crippen LogP contribution in [0.5, 0.6) is 0 Å². The molecule has 3 rings (SSSR count). The van der Waals surface area contributed by atoms with Gasteiger partial charge in [0, 0.05) is 43.6 Å². The van der Waals surface area contributed by atoms with Crippen LogP contribution in [0.4, 0.5) is 5.69 Å². The van der Waals surface area contributed by atoms with Crippen molar-refractivity contribution in [3.05, 3.63) is 24.0 Å². The Hall–Kier alpha value is -1.13. The third-order valence-electron chi connectivity index (χ3n) is 4.87. The Kier molecular flexibility index (Phi) is 4.22. The van der Waals surface area contributed by atoms with Crippen molar-refractivity contribution in [2.75, 3.05) is 31.6 Å². The first-order chi connectivity index (χ1) is 9.78. The van der Waals surface area contributed by atoms with Crippen LogP contribution in [0.1, 0.15) is 31.9 Å². The highest BCUT2D eigenvalue weighted by Gasteiger charge is 2.34. The zero-order valence-electron chi connectivity index (χ0n) is 12.7. The van der Waals surface area contributed by atoms with Gasteiger partial charge < -0.3 is 10.2 Å². The zero-order valence-corrected chi connectivity index (χ0v) is 12.7. The summed E-state index contributed by atoms with van der Waals surface area (Å²) >= 11 is 0. The van der Waals surface area contributed by atoms with Gasteiger partial charge in [-0.2, -0.15) is 0 Å². The molecule has 2 aliphatic heterocycles. The van der Waals surface area contributed by atoms with Crippen molar-refractivity contribution in [1.29, 1.82) is 0 Å². The molecular weight excluding hydrogens is 248 g/mol. The minimum absolute atomic E-state index is 0.730. The summed E-state index contributed by atoms with van der Waals surface area (Å²) in [5.41, 5.74) is 2.49. The standard InChI is InChI=1S/C16H26N4/c1-3-17-11-13-10-15(6-8-18-13)20-9-7-14-4-5-16(12-20)19(14)2/h6,8,10,14,16-17H,3-5,7,9,11-12H2,1-2H3. The Labute approximate surface area is 122 Å². The van der Waals surface area contributed by atoms with Crippen LogP contribution in [-0.2, 0) is 6.54 Å². The first-order valence-electron chi connectivity index (χ1n) is 7.90. The molecule has 0 amide bonds. The van der Waals surface area contributed by atoms with Gasteiger partial charge in [-0.3, -0.25) is 9.88 Å². The number of hydrogen-bond donors (Lipinski definition) is 1. The van der Waals surface area contributed by atoms with E-state index in [1.807, 2.05) is 6.20 Å². The van der Waals surface area contributed by atoms with E-state index in [4.69, 9.17) is 0 Å². The van der Waals surface area contributed by atoms with Gasteiger partial charge >= 0.3 is 0 Å². The minimum atomic E-state index is 0.730. The SMILES string of the molecule is CCNCc1cc(N2CCC3CCC(C2)N3C)ccn1. The van der Waals surface area contributed by atoms with Gasteiger partial charge in [0.15, 0.2) is 0 Å². The second kappa shape index (κ2) is 6.10. The quantitative estimate of drug-likeness (QED) is 0.908. The highest BCUT2D eigenvalue weighted by molar-refractivity contribution is 5.47. The maximum atomic E-state index is 4.46. The van der Waals surface area contributed by atoms with Crippen LogP contribution in [0.3, 0.4) is 0 Å². The number of fused-ring (bicyclic) bond motifs is 2. The maximum absolute atomic E-state index is 4.46. The van der Waals surface area contributed by atoms with E-state index in [-0.39, 0.29) is 0 Å². The Morgan fingerprint density at radius 3 is 3.00 bits per heavy atom. The molecule has 0 aromatic carbocycles. The lowest BCUT2D eigenvalue weighted by Gasteiger charge is -2.27. The number of nitrogens with zero attached hydrogens (tertiary/aromatic N) is 3. The summed E-state index contributed by atoms with van der Waals surface area (Å²) in [6, 6.07) is 5.94. The smallest absolute Gasteiger partial charge is 0.0562 e. The minimum Gasteiger partial charge on any atom is -0.370 e. The van der Waals surface area contributed by atoms with Crippen LogP contribution in [0, 0.1) is 0 Å². The first-order valence-corrected chi connectivity index (χ1v) is 7.90. The number of likely N-dealkylation sites (N-methyl/N-ethyl adjacent to an activating group) is 1. The Balaban J connectivity index is 1.72. The van der Waals surface area contributed by atoms with E-state index in [0.717, 1.165) is 37.4 Å². The summed E-state index contributed by atoms with van der Waals surface area (Å²) in [6.45, 7) is 6.33. The van der Waals surface area contributed by atoms with E-state index in [0.29, 0.717) is 0 Å². The highest BCUT2D eigenvalue weighted by atomic mass is 15.3. The van der Waals surface area contributed by atoms with Gasteiger partial charge in [-0.05, 0) is 45.0 Å². The summed E-state index contributed by atoms with van der Waals surface area (Å²) in [5.74, 6) is 0. The van der Waals surface area contributed by atoms with Gasteiger partial charge in [-0.25, -0.2) is 0 Å². The zero-order chi connectivity index (χ0) is 13.9. The fraction of sp³-hybridized carbons (Fsp3) is 0.688. The van der Waals surface area contributed by atoms with Crippen molar-refractivity contribution >= 4 is 5.69 Å². The summed E-state index contributed by atoms with van der Waals surface area (Å²) in [5, 5.41) is 3.35. The molecule has 1 aromatic heterocycles. The van der Waals surface area contributed by atoms with Crippen molar-refractivity contribution in [2.45, 2.75) is 44.8 Å². The molecule has 4 nitrogen and oxygen atoms in total. The van der Waals surface area contributed by atoms with E-state index >= 15 is 0 Å².